The molecule has 5 nitrogen and oxygen atoms in total. The van der Waals surface area contributed by atoms with Gasteiger partial charge in [-0.15, -0.1) is 0 Å². The summed E-state index contributed by atoms with van der Waals surface area (Å²) < 4.78 is 10.8. The molecule has 0 radical (unpaired) electrons. The third-order valence-corrected chi connectivity index (χ3v) is 4.64. The number of carbonyl (C=O) groups excluding carboxylic acids is 1. The lowest BCUT2D eigenvalue weighted by atomic mass is 10.1. The number of rotatable bonds is 7. The normalized spacial score (nSPS) is 12.9. The van der Waals surface area contributed by atoms with Crippen LogP contribution in [0.2, 0.25) is 0 Å². The van der Waals surface area contributed by atoms with Crippen LogP contribution in [0.25, 0.3) is 6.08 Å². The molecule has 5 heteroatoms. The van der Waals surface area contributed by atoms with Crippen LogP contribution in [0.15, 0.2) is 42.5 Å². The van der Waals surface area contributed by atoms with Crippen LogP contribution >= 0.6 is 0 Å². The lowest BCUT2D eigenvalue weighted by Crippen LogP contribution is -2.19. The van der Waals surface area contributed by atoms with Crippen LogP contribution in [0.1, 0.15) is 25.0 Å². The summed E-state index contributed by atoms with van der Waals surface area (Å²) in [4.78, 5) is 14.6. The number of benzene rings is 2. The molecule has 0 fully saturated rings. The summed E-state index contributed by atoms with van der Waals surface area (Å²) in [6.07, 6.45) is 4.36. The van der Waals surface area contributed by atoms with Crippen molar-refractivity contribution < 1.29 is 14.3 Å². The summed E-state index contributed by atoms with van der Waals surface area (Å²) >= 11 is 0. The Morgan fingerprint density at radius 3 is 2.78 bits per heavy atom. The minimum atomic E-state index is -0.163. The maximum absolute atomic E-state index is 12.3. The van der Waals surface area contributed by atoms with Gasteiger partial charge in [0, 0.05) is 30.5 Å². The minimum Gasteiger partial charge on any atom is -0.493 e. The number of amides is 1. The summed E-state index contributed by atoms with van der Waals surface area (Å²) in [5, 5.41) is 2.94. The SMILES string of the molecule is CCOc1ccc(/C=C/C(=O)Nc2ccc3c(c2)N(CC)CC3)cc1OC. The lowest BCUT2D eigenvalue weighted by molar-refractivity contribution is -0.111. The minimum absolute atomic E-state index is 0.163. The van der Waals surface area contributed by atoms with Crippen LogP contribution in [0.3, 0.4) is 0 Å². The molecule has 1 heterocycles. The Bertz CT molecular complexity index is 845. The molecule has 0 spiro atoms. The van der Waals surface area contributed by atoms with Crippen LogP contribution in [-0.2, 0) is 11.2 Å². The smallest absolute Gasteiger partial charge is 0.248 e. The molecule has 0 aliphatic carbocycles. The summed E-state index contributed by atoms with van der Waals surface area (Å²) in [5.41, 5.74) is 4.24. The number of ether oxygens (including phenoxy) is 2. The molecule has 3 rings (SSSR count). The van der Waals surface area contributed by atoms with E-state index in [-0.39, 0.29) is 5.91 Å². The molecule has 1 N–H and O–H groups in total. The molecule has 2 aromatic rings. The Morgan fingerprint density at radius 1 is 1.19 bits per heavy atom. The zero-order chi connectivity index (χ0) is 19.2. The zero-order valence-electron chi connectivity index (χ0n) is 16.1. The molecular formula is C22H26N2O3. The summed E-state index contributed by atoms with van der Waals surface area (Å²) in [6, 6.07) is 11.7. The number of likely N-dealkylation sites (N-methyl/N-ethyl adjacent to an activating group) is 1. The van der Waals surface area contributed by atoms with Gasteiger partial charge in [-0.2, -0.15) is 0 Å². The van der Waals surface area contributed by atoms with E-state index in [0.717, 1.165) is 30.8 Å². The van der Waals surface area contributed by atoms with Gasteiger partial charge < -0.3 is 19.7 Å². The van der Waals surface area contributed by atoms with Gasteiger partial charge in [0.2, 0.25) is 5.91 Å². The van der Waals surface area contributed by atoms with Gasteiger partial charge in [0.25, 0.3) is 0 Å². The Balaban J connectivity index is 1.67. The van der Waals surface area contributed by atoms with Crippen LogP contribution in [0, 0.1) is 0 Å². The lowest BCUT2D eigenvalue weighted by Gasteiger charge is -2.17. The van der Waals surface area contributed by atoms with E-state index in [9.17, 15) is 4.79 Å². The van der Waals surface area contributed by atoms with Gasteiger partial charge in [-0.25, -0.2) is 0 Å². The zero-order valence-corrected chi connectivity index (χ0v) is 16.1. The molecule has 1 aliphatic heterocycles. The third kappa shape index (κ3) is 4.42. The number of hydrogen-bond acceptors (Lipinski definition) is 4. The van der Waals surface area contributed by atoms with Crippen molar-refractivity contribution in [3.8, 4) is 11.5 Å². The number of fused-ring (bicyclic) bond motifs is 1. The first-order chi connectivity index (χ1) is 13.1. The van der Waals surface area contributed by atoms with Gasteiger partial charge >= 0.3 is 0 Å². The van der Waals surface area contributed by atoms with Gasteiger partial charge in [0.1, 0.15) is 0 Å². The monoisotopic (exact) mass is 366 g/mol. The van der Waals surface area contributed by atoms with Crippen molar-refractivity contribution in [2.75, 3.05) is 37.0 Å². The first-order valence-electron chi connectivity index (χ1n) is 9.32. The van der Waals surface area contributed by atoms with Crippen molar-refractivity contribution >= 4 is 23.4 Å². The van der Waals surface area contributed by atoms with Crippen LogP contribution in [0.5, 0.6) is 11.5 Å². The standard InChI is InChI=1S/C22H26N2O3/c1-4-24-13-12-17-8-9-18(15-19(17)24)23-22(25)11-7-16-6-10-20(27-5-2)21(14-16)26-3/h6-11,14-15H,4-5,12-13H2,1-3H3,(H,23,25)/b11-7+. The topological polar surface area (TPSA) is 50.8 Å². The molecule has 0 aromatic heterocycles. The van der Waals surface area contributed by atoms with Crippen molar-refractivity contribution in [1.29, 1.82) is 0 Å². The van der Waals surface area contributed by atoms with E-state index in [1.54, 1.807) is 13.2 Å². The maximum atomic E-state index is 12.3. The van der Waals surface area contributed by atoms with Crippen molar-refractivity contribution in [1.82, 2.24) is 0 Å². The molecule has 0 saturated carbocycles. The predicted octanol–water partition coefficient (Wildman–Crippen LogP) is 4.13. The van der Waals surface area contributed by atoms with Crippen LogP contribution < -0.4 is 19.7 Å². The Kier molecular flexibility index (Phi) is 6.01. The van der Waals surface area contributed by atoms with Gasteiger partial charge in [0.05, 0.1) is 13.7 Å². The Morgan fingerprint density at radius 2 is 2.04 bits per heavy atom. The molecule has 0 bridgehead atoms. The number of nitrogens with one attached hydrogen (secondary N) is 1. The summed E-state index contributed by atoms with van der Waals surface area (Å²) in [6.45, 7) is 6.67. The average molecular weight is 366 g/mol. The second kappa shape index (κ2) is 8.62. The molecule has 2 aromatic carbocycles. The number of methoxy groups -OCH3 is 1. The van der Waals surface area contributed by atoms with E-state index in [0.29, 0.717) is 18.1 Å². The molecule has 1 aliphatic rings. The Labute approximate surface area is 160 Å². The van der Waals surface area contributed by atoms with E-state index < -0.39 is 0 Å². The van der Waals surface area contributed by atoms with Crippen LogP contribution in [0.4, 0.5) is 11.4 Å². The van der Waals surface area contributed by atoms with Gasteiger partial charge in [-0.1, -0.05) is 12.1 Å². The fraction of sp³-hybridized carbons (Fsp3) is 0.318. The van der Waals surface area contributed by atoms with Crippen LogP contribution in [-0.4, -0.2) is 32.7 Å². The maximum Gasteiger partial charge on any atom is 0.248 e. The molecule has 1 amide bonds. The summed E-state index contributed by atoms with van der Waals surface area (Å²) in [7, 11) is 1.60. The number of hydrogen-bond donors (Lipinski definition) is 1. The molecule has 142 valence electrons. The number of nitrogens with zero attached hydrogens (tertiary/aromatic N) is 1. The summed E-state index contributed by atoms with van der Waals surface area (Å²) in [5.74, 6) is 1.18. The highest BCUT2D eigenvalue weighted by atomic mass is 16.5. The predicted molar refractivity (Wildman–Crippen MR) is 110 cm³/mol. The van der Waals surface area contributed by atoms with Crippen molar-refractivity contribution in [2.45, 2.75) is 20.3 Å². The van der Waals surface area contributed by atoms with Gasteiger partial charge in [-0.3, -0.25) is 4.79 Å². The quantitative estimate of drug-likeness (QED) is 0.749. The first kappa shape index (κ1) is 18.8. The van der Waals surface area contributed by atoms with Crippen molar-refractivity contribution in [2.24, 2.45) is 0 Å². The number of carbonyl (C=O) groups is 1. The van der Waals surface area contributed by atoms with E-state index in [1.807, 2.05) is 31.2 Å². The fourth-order valence-electron chi connectivity index (χ4n) is 3.27. The van der Waals surface area contributed by atoms with E-state index in [1.165, 1.54) is 17.3 Å². The molecule has 0 saturated heterocycles. The second-order valence-corrected chi connectivity index (χ2v) is 6.34. The van der Waals surface area contributed by atoms with E-state index in [4.69, 9.17) is 9.47 Å². The van der Waals surface area contributed by atoms with Crippen molar-refractivity contribution in [3.63, 3.8) is 0 Å². The molecule has 0 unspecified atom stereocenters. The highest BCUT2D eigenvalue weighted by Crippen LogP contribution is 2.31. The largest absolute Gasteiger partial charge is 0.493 e. The highest BCUT2D eigenvalue weighted by Gasteiger charge is 2.17. The molecular weight excluding hydrogens is 340 g/mol. The fourth-order valence-corrected chi connectivity index (χ4v) is 3.27. The average Bonchev–Trinajstić information content (AvgIpc) is 3.09. The van der Waals surface area contributed by atoms with E-state index in [2.05, 4.69) is 29.3 Å². The van der Waals surface area contributed by atoms with Crippen molar-refractivity contribution in [3.05, 3.63) is 53.6 Å². The number of anilines is 2. The molecule has 0 atom stereocenters. The third-order valence-electron chi connectivity index (χ3n) is 4.64. The second-order valence-electron chi connectivity index (χ2n) is 6.34. The Hall–Kier alpha value is -2.95. The van der Waals surface area contributed by atoms with Gasteiger partial charge in [0.15, 0.2) is 11.5 Å². The first-order valence-corrected chi connectivity index (χ1v) is 9.32. The molecule has 27 heavy (non-hydrogen) atoms. The van der Waals surface area contributed by atoms with Gasteiger partial charge in [-0.05, 0) is 61.7 Å². The highest BCUT2D eigenvalue weighted by molar-refractivity contribution is 6.02. The van der Waals surface area contributed by atoms with E-state index >= 15 is 0 Å².